The molecular formula is C22H22FNO3. The van der Waals surface area contributed by atoms with E-state index in [0.717, 1.165) is 24.8 Å². The summed E-state index contributed by atoms with van der Waals surface area (Å²) in [6.45, 7) is 1.55. The van der Waals surface area contributed by atoms with E-state index in [1.807, 2.05) is 18.2 Å². The summed E-state index contributed by atoms with van der Waals surface area (Å²) in [5.41, 5.74) is 3.05. The van der Waals surface area contributed by atoms with Crippen molar-refractivity contribution in [1.29, 1.82) is 0 Å². The maximum absolute atomic E-state index is 12.9. The Bertz CT molecular complexity index is 845. The molecule has 27 heavy (non-hydrogen) atoms. The first kappa shape index (κ1) is 18.8. The van der Waals surface area contributed by atoms with E-state index in [2.05, 4.69) is 11.4 Å². The molecular weight excluding hydrogens is 345 g/mol. The number of carbonyl (C=O) groups excluding carboxylic acids is 2. The van der Waals surface area contributed by atoms with Gasteiger partial charge in [0.2, 0.25) is 0 Å². The Morgan fingerprint density at radius 1 is 1.19 bits per heavy atom. The van der Waals surface area contributed by atoms with E-state index in [0.29, 0.717) is 5.56 Å². The summed E-state index contributed by atoms with van der Waals surface area (Å²) in [5, 5.41) is 2.98. The summed E-state index contributed by atoms with van der Waals surface area (Å²) in [6.07, 6.45) is 4.74. The SMILES string of the molecule is C[C@H](OC(=O)/C=C/c1ccc(F)cc1)C(=O)N[C@H]1CCCc2ccccc21. The van der Waals surface area contributed by atoms with Crippen molar-refractivity contribution >= 4 is 18.0 Å². The smallest absolute Gasteiger partial charge is 0.331 e. The van der Waals surface area contributed by atoms with Crippen LogP contribution in [-0.4, -0.2) is 18.0 Å². The second-order valence-corrected chi connectivity index (χ2v) is 6.62. The Hall–Kier alpha value is -2.95. The molecule has 0 spiro atoms. The average molecular weight is 367 g/mol. The highest BCUT2D eigenvalue weighted by atomic mass is 19.1. The van der Waals surface area contributed by atoms with Crippen molar-refractivity contribution < 1.29 is 18.7 Å². The summed E-state index contributed by atoms with van der Waals surface area (Å²) >= 11 is 0. The number of carbonyl (C=O) groups is 2. The largest absolute Gasteiger partial charge is 0.449 e. The molecule has 3 rings (SSSR count). The number of amides is 1. The zero-order valence-electron chi connectivity index (χ0n) is 15.2. The van der Waals surface area contributed by atoms with Crippen molar-refractivity contribution in [2.45, 2.75) is 38.3 Å². The fraction of sp³-hybridized carbons (Fsp3) is 0.273. The van der Waals surface area contributed by atoms with Crippen molar-refractivity contribution in [3.05, 3.63) is 77.1 Å². The van der Waals surface area contributed by atoms with Gasteiger partial charge in [-0.05, 0) is 61.1 Å². The van der Waals surface area contributed by atoms with Crippen LogP contribution < -0.4 is 5.32 Å². The highest BCUT2D eigenvalue weighted by Crippen LogP contribution is 2.29. The van der Waals surface area contributed by atoms with Crippen molar-refractivity contribution in [2.75, 3.05) is 0 Å². The Labute approximate surface area is 158 Å². The summed E-state index contributed by atoms with van der Waals surface area (Å²) in [6, 6.07) is 13.7. The molecule has 0 aliphatic heterocycles. The van der Waals surface area contributed by atoms with E-state index in [1.54, 1.807) is 19.1 Å². The first-order valence-electron chi connectivity index (χ1n) is 9.05. The first-order chi connectivity index (χ1) is 13.0. The van der Waals surface area contributed by atoms with Crippen molar-refractivity contribution in [2.24, 2.45) is 0 Å². The number of halogens is 1. The van der Waals surface area contributed by atoms with Crippen molar-refractivity contribution in [3.8, 4) is 0 Å². The van der Waals surface area contributed by atoms with E-state index < -0.39 is 12.1 Å². The van der Waals surface area contributed by atoms with Crippen LogP contribution in [0.1, 0.15) is 42.5 Å². The highest BCUT2D eigenvalue weighted by molar-refractivity contribution is 5.90. The monoisotopic (exact) mass is 367 g/mol. The maximum atomic E-state index is 12.9. The number of aryl methyl sites for hydroxylation is 1. The minimum atomic E-state index is -0.899. The molecule has 2 atom stereocenters. The number of benzene rings is 2. The van der Waals surface area contributed by atoms with Crippen LogP contribution in [0.3, 0.4) is 0 Å². The van der Waals surface area contributed by atoms with Gasteiger partial charge in [0.05, 0.1) is 6.04 Å². The van der Waals surface area contributed by atoms with E-state index >= 15 is 0 Å². The highest BCUT2D eigenvalue weighted by Gasteiger charge is 2.24. The van der Waals surface area contributed by atoms with Gasteiger partial charge in [0, 0.05) is 6.08 Å². The number of esters is 1. The van der Waals surface area contributed by atoms with Gasteiger partial charge in [0.15, 0.2) is 6.10 Å². The molecule has 5 heteroatoms. The number of hydrogen-bond acceptors (Lipinski definition) is 3. The lowest BCUT2D eigenvalue weighted by Crippen LogP contribution is -2.39. The van der Waals surface area contributed by atoms with Crippen molar-refractivity contribution in [3.63, 3.8) is 0 Å². The van der Waals surface area contributed by atoms with Crippen LogP contribution >= 0.6 is 0 Å². The van der Waals surface area contributed by atoms with Gasteiger partial charge in [0.1, 0.15) is 5.82 Å². The van der Waals surface area contributed by atoms with Gasteiger partial charge in [-0.3, -0.25) is 4.79 Å². The Morgan fingerprint density at radius 2 is 1.93 bits per heavy atom. The summed E-state index contributed by atoms with van der Waals surface area (Å²) in [4.78, 5) is 24.3. The summed E-state index contributed by atoms with van der Waals surface area (Å²) in [7, 11) is 0. The number of hydrogen-bond donors (Lipinski definition) is 1. The molecule has 0 heterocycles. The van der Waals surface area contributed by atoms with Crippen LogP contribution in [0.15, 0.2) is 54.6 Å². The lowest BCUT2D eigenvalue weighted by molar-refractivity contribution is -0.150. The van der Waals surface area contributed by atoms with Crippen LogP contribution in [0.2, 0.25) is 0 Å². The first-order valence-corrected chi connectivity index (χ1v) is 9.05. The molecule has 0 unspecified atom stereocenters. The molecule has 0 saturated heterocycles. The minimum Gasteiger partial charge on any atom is -0.449 e. The Kier molecular flexibility index (Phi) is 6.01. The number of rotatable bonds is 5. The van der Waals surface area contributed by atoms with Gasteiger partial charge in [-0.15, -0.1) is 0 Å². The van der Waals surface area contributed by atoms with Crippen LogP contribution in [0, 0.1) is 5.82 Å². The summed E-state index contributed by atoms with van der Waals surface area (Å²) in [5.74, 6) is -1.28. The van der Waals surface area contributed by atoms with Gasteiger partial charge >= 0.3 is 5.97 Å². The topological polar surface area (TPSA) is 55.4 Å². The maximum Gasteiger partial charge on any atom is 0.331 e. The zero-order chi connectivity index (χ0) is 19.2. The predicted molar refractivity (Wildman–Crippen MR) is 101 cm³/mol. The van der Waals surface area contributed by atoms with Crippen molar-refractivity contribution in [1.82, 2.24) is 5.32 Å². The molecule has 1 aliphatic rings. The number of fused-ring (bicyclic) bond motifs is 1. The molecule has 2 aromatic rings. The molecule has 0 radical (unpaired) electrons. The van der Waals surface area contributed by atoms with Gasteiger partial charge in [-0.2, -0.15) is 0 Å². The molecule has 0 aromatic heterocycles. The second-order valence-electron chi connectivity index (χ2n) is 6.62. The average Bonchev–Trinajstić information content (AvgIpc) is 2.68. The van der Waals surface area contributed by atoms with Gasteiger partial charge in [0.25, 0.3) is 5.91 Å². The number of nitrogens with one attached hydrogen (secondary N) is 1. The molecule has 4 nitrogen and oxygen atoms in total. The molecule has 140 valence electrons. The molecule has 0 bridgehead atoms. The lowest BCUT2D eigenvalue weighted by Gasteiger charge is -2.27. The molecule has 1 aliphatic carbocycles. The van der Waals surface area contributed by atoms with Crippen LogP contribution in [-0.2, 0) is 20.7 Å². The normalized spacial score (nSPS) is 17.2. The van der Waals surface area contributed by atoms with E-state index in [1.165, 1.54) is 29.8 Å². The minimum absolute atomic E-state index is 0.0571. The number of ether oxygens (including phenoxy) is 1. The van der Waals surface area contributed by atoms with E-state index in [-0.39, 0.29) is 17.8 Å². The quantitative estimate of drug-likeness (QED) is 0.643. The third-order valence-electron chi connectivity index (χ3n) is 4.63. The Morgan fingerprint density at radius 3 is 2.70 bits per heavy atom. The molecule has 1 N–H and O–H groups in total. The molecule has 0 saturated carbocycles. The lowest BCUT2D eigenvalue weighted by atomic mass is 9.87. The standard InChI is InChI=1S/C22H22FNO3/c1-15(27-21(25)14-11-16-9-12-18(23)13-10-16)22(26)24-20-8-4-6-17-5-2-3-7-19(17)20/h2-3,5,7,9-15,20H,4,6,8H2,1H3,(H,24,26)/b14-11+/t15-,20-/m0/s1. The fourth-order valence-electron chi connectivity index (χ4n) is 3.20. The van der Waals surface area contributed by atoms with Crippen LogP contribution in [0.4, 0.5) is 4.39 Å². The molecule has 0 fully saturated rings. The molecule has 1 amide bonds. The fourth-order valence-corrected chi connectivity index (χ4v) is 3.20. The zero-order valence-corrected chi connectivity index (χ0v) is 15.2. The van der Waals surface area contributed by atoms with Gasteiger partial charge < -0.3 is 10.1 Å². The molecule has 2 aromatic carbocycles. The Balaban J connectivity index is 1.55. The van der Waals surface area contributed by atoms with E-state index in [9.17, 15) is 14.0 Å². The predicted octanol–water partition coefficient (Wildman–Crippen LogP) is 3.96. The van der Waals surface area contributed by atoms with Crippen LogP contribution in [0.5, 0.6) is 0 Å². The second kappa shape index (κ2) is 8.62. The van der Waals surface area contributed by atoms with E-state index in [4.69, 9.17) is 4.74 Å². The summed E-state index contributed by atoms with van der Waals surface area (Å²) < 4.78 is 18.0. The van der Waals surface area contributed by atoms with Gasteiger partial charge in [-0.1, -0.05) is 36.4 Å². The third-order valence-corrected chi connectivity index (χ3v) is 4.63. The third kappa shape index (κ3) is 5.03. The van der Waals surface area contributed by atoms with Crippen LogP contribution in [0.25, 0.3) is 6.08 Å². The van der Waals surface area contributed by atoms with Gasteiger partial charge in [-0.25, -0.2) is 9.18 Å².